The molecule has 0 radical (unpaired) electrons. The van der Waals surface area contributed by atoms with E-state index in [0.717, 1.165) is 22.0 Å². The highest BCUT2D eigenvalue weighted by Gasteiger charge is 2.05. The molecule has 6 heteroatoms. The summed E-state index contributed by atoms with van der Waals surface area (Å²) in [5.41, 5.74) is 5.91. The van der Waals surface area contributed by atoms with Gasteiger partial charge in [0.25, 0.3) is 0 Å². The smallest absolute Gasteiger partial charge is 0.203 e. The predicted octanol–water partition coefficient (Wildman–Crippen LogP) is 4.49. The number of aromatic nitrogens is 1. The van der Waals surface area contributed by atoms with Gasteiger partial charge in [0, 0.05) is 5.38 Å². The van der Waals surface area contributed by atoms with Gasteiger partial charge in [-0.3, -0.25) is 5.43 Å². The summed E-state index contributed by atoms with van der Waals surface area (Å²) >= 11 is 1.52. The van der Waals surface area contributed by atoms with Crippen LogP contribution < -0.4 is 14.9 Å². The fourth-order valence-electron chi connectivity index (χ4n) is 2.19. The number of nitrogens with zero attached hydrogens (tertiary/aromatic N) is 2. The zero-order valence-corrected chi connectivity index (χ0v) is 14.9. The van der Waals surface area contributed by atoms with Crippen molar-refractivity contribution >= 4 is 22.7 Å². The summed E-state index contributed by atoms with van der Waals surface area (Å²) in [5.74, 6) is 1.37. The van der Waals surface area contributed by atoms with E-state index in [0.29, 0.717) is 18.1 Å². The van der Waals surface area contributed by atoms with Crippen molar-refractivity contribution in [3.05, 3.63) is 70.7 Å². The number of anilines is 1. The summed E-state index contributed by atoms with van der Waals surface area (Å²) < 4.78 is 11.3. The minimum absolute atomic E-state index is 0.496. The molecular weight excluding hydrogens is 334 g/mol. The maximum Gasteiger partial charge on any atom is 0.203 e. The van der Waals surface area contributed by atoms with Crippen LogP contribution in [0.2, 0.25) is 0 Å². The van der Waals surface area contributed by atoms with Gasteiger partial charge in [-0.1, -0.05) is 30.3 Å². The van der Waals surface area contributed by atoms with Crippen LogP contribution in [0.5, 0.6) is 11.5 Å². The van der Waals surface area contributed by atoms with Crippen LogP contribution in [0.25, 0.3) is 0 Å². The highest BCUT2D eigenvalue weighted by Crippen LogP contribution is 2.28. The Hall–Kier alpha value is -2.86. The van der Waals surface area contributed by atoms with E-state index in [9.17, 15) is 0 Å². The van der Waals surface area contributed by atoms with Crippen LogP contribution in [0.15, 0.2) is 59.0 Å². The molecule has 3 rings (SSSR count). The molecule has 128 valence electrons. The van der Waals surface area contributed by atoms with Gasteiger partial charge < -0.3 is 9.47 Å². The molecule has 5 nitrogen and oxygen atoms in total. The summed E-state index contributed by atoms with van der Waals surface area (Å²) in [4.78, 5) is 4.29. The van der Waals surface area contributed by atoms with Crippen molar-refractivity contribution in [2.75, 3.05) is 12.5 Å². The number of hydrogen-bond donors (Lipinski definition) is 1. The molecule has 0 unspecified atom stereocenters. The average molecular weight is 353 g/mol. The fourth-order valence-corrected chi connectivity index (χ4v) is 2.82. The van der Waals surface area contributed by atoms with Crippen molar-refractivity contribution in [3.63, 3.8) is 0 Å². The first-order valence-electron chi connectivity index (χ1n) is 7.80. The summed E-state index contributed by atoms with van der Waals surface area (Å²) in [5, 5.41) is 6.94. The maximum absolute atomic E-state index is 5.85. The molecule has 0 bridgehead atoms. The lowest BCUT2D eigenvalue weighted by molar-refractivity contribution is 0.284. The topological polar surface area (TPSA) is 55.7 Å². The van der Waals surface area contributed by atoms with Crippen LogP contribution in [0.3, 0.4) is 0 Å². The number of aryl methyl sites for hydroxylation is 1. The molecule has 1 N–H and O–H groups in total. The number of methoxy groups -OCH3 is 1. The van der Waals surface area contributed by atoms with Gasteiger partial charge in [0.1, 0.15) is 6.61 Å². The highest BCUT2D eigenvalue weighted by molar-refractivity contribution is 7.13. The predicted molar refractivity (Wildman–Crippen MR) is 102 cm³/mol. The Balaban J connectivity index is 1.64. The van der Waals surface area contributed by atoms with Crippen molar-refractivity contribution in [1.82, 2.24) is 4.98 Å². The van der Waals surface area contributed by atoms with Crippen LogP contribution in [-0.2, 0) is 6.61 Å². The van der Waals surface area contributed by atoms with Crippen molar-refractivity contribution in [1.29, 1.82) is 0 Å². The first-order chi connectivity index (χ1) is 12.2. The number of rotatable bonds is 7. The van der Waals surface area contributed by atoms with E-state index in [1.165, 1.54) is 11.3 Å². The monoisotopic (exact) mass is 353 g/mol. The van der Waals surface area contributed by atoms with E-state index in [2.05, 4.69) is 15.5 Å². The van der Waals surface area contributed by atoms with Crippen LogP contribution in [0.1, 0.15) is 16.8 Å². The second kappa shape index (κ2) is 8.30. The molecule has 0 atom stereocenters. The molecule has 0 saturated carbocycles. The molecule has 1 aromatic heterocycles. The molecule has 0 aliphatic heterocycles. The number of ether oxygens (including phenoxy) is 2. The van der Waals surface area contributed by atoms with Crippen molar-refractivity contribution < 1.29 is 9.47 Å². The van der Waals surface area contributed by atoms with E-state index in [-0.39, 0.29) is 0 Å². The minimum atomic E-state index is 0.496. The Kier molecular flexibility index (Phi) is 5.64. The van der Waals surface area contributed by atoms with Gasteiger partial charge in [0.2, 0.25) is 5.13 Å². The van der Waals surface area contributed by atoms with Crippen molar-refractivity contribution in [3.8, 4) is 11.5 Å². The normalized spacial score (nSPS) is 10.8. The number of benzene rings is 2. The zero-order valence-electron chi connectivity index (χ0n) is 14.1. The Morgan fingerprint density at radius 3 is 2.72 bits per heavy atom. The fraction of sp³-hybridized carbons (Fsp3) is 0.158. The molecule has 0 aliphatic carbocycles. The van der Waals surface area contributed by atoms with E-state index in [1.54, 1.807) is 13.3 Å². The Morgan fingerprint density at radius 1 is 1.16 bits per heavy atom. The van der Waals surface area contributed by atoms with Gasteiger partial charge in [-0.15, -0.1) is 11.3 Å². The van der Waals surface area contributed by atoms with Crippen LogP contribution in [0.4, 0.5) is 5.13 Å². The third-order valence-electron chi connectivity index (χ3n) is 3.42. The minimum Gasteiger partial charge on any atom is -0.493 e. The molecule has 25 heavy (non-hydrogen) atoms. The average Bonchev–Trinajstić information content (AvgIpc) is 3.06. The first-order valence-corrected chi connectivity index (χ1v) is 8.68. The van der Waals surface area contributed by atoms with E-state index in [4.69, 9.17) is 9.47 Å². The van der Waals surface area contributed by atoms with Crippen molar-refractivity contribution in [2.24, 2.45) is 5.10 Å². The van der Waals surface area contributed by atoms with Gasteiger partial charge in [-0.05, 0) is 36.2 Å². The number of hydrogen-bond acceptors (Lipinski definition) is 6. The lowest BCUT2D eigenvalue weighted by Gasteiger charge is -2.11. The molecule has 0 aliphatic rings. The van der Waals surface area contributed by atoms with Gasteiger partial charge in [-0.2, -0.15) is 5.10 Å². The quantitative estimate of drug-likeness (QED) is 0.502. The molecule has 2 aromatic carbocycles. The summed E-state index contributed by atoms with van der Waals surface area (Å²) in [6.45, 7) is 2.44. The molecule has 0 amide bonds. The number of thiazole rings is 1. The second-order valence-electron chi connectivity index (χ2n) is 5.35. The lowest BCUT2D eigenvalue weighted by Crippen LogP contribution is -1.98. The molecule has 0 saturated heterocycles. The highest BCUT2D eigenvalue weighted by atomic mass is 32.1. The third kappa shape index (κ3) is 4.81. The Bertz CT molecular complexity index is 847. The van der Waals surface area contributed by atoms with Crippen molar-refractivity contribution in [2.45, 2.75) is 13.5 Å². The number of nitrogens with one attached hydrogen (secondary N) is 1. The van der Waals surface area contributed by atoms with E-state index < -0.39 is 0 Å². The standard InChI is InChI=1S/C19H19N3O2S/c1-14-13-25-19(21-14)22-20-11-16-8-9-17(18(10-16)23-2)24-12-15-6-4-3-5-7-15/h3-11,13H,12H2,1-2H3,(H,21,22). The molecule has 3 aromatic rings. The zero-order chi connectivity index (χ0) is 17.5. The molecule has 0 fully saturated rings. The van der Waals surface area contributed by atoms with Crippen LogP contribution >= 0.6 is 11.3 Å². The van der Waals surface area contributed by atoms with Gasteiger partial charge >= 0.3 is 0 Å². The maximum atomic E-state index is 5.85. The summed E-state index contributed by atoms with van der Waals surface area (Å²) in [7, 11) is 1.63. The number of hydrazone groups is 1. The SMILES string of the molecule is COc1cc(C=NNc2nc(C)cs2)ccc1OCc1ccccc1. The van der Waals surface area contributed by atoms with Gasteiger partial charge in [0.15, 0.2) is 11.5 Å². The van der Waals surface area contributed by atoms with Crippen LogP contribution in [-0.4, -0.2) is 18.3 Å². The van der Waals surface area contributed by atoms with Gasteiger partial charge in [-0.25, -0.2) is 4.98 Å². The Morgan fingerprint density at radius 2 is 2.00 bits per heavy atom. The molecule has 0 spiro atoms. The van der Waals surface area contributed by atoms with Gasteiger partial charge in [0.05, 0.1) is 19.0 Å². The summed E-state index contributed by atoms with van der Waals surface area (Å²) in [6.07, 6.45) is 1.72. The largest absolute Gasteiger partial charge is 0.493 e. The third-order valence-corrected chi connectivity index (χ3v) is 4.28. The summed E-state index contributed by atoms with van der Waals surface area (Å²) in [6, 6.07) is 15.7. The molecule has 1 heterocycles. The lowest BCUT2D eigenvalue weighted by atomic mass is 10.2. The first kappa shape index (κ1) is 17.0. The van der Waals surface area contributed by atoms with Crippen LogP contribution in [0, 0.1) is 6.92 Å². The van der Waals surface area contributed by atoms with E-state index >= 15 is 0 Å². The molecular formula is C19H19N3O2S. The van der Waals surface area contributed by atoms with E-state index in [1.807, 2.05) is 60.8 Å². The Labute approximate surface area is 151 Å². The second-order valence-corrected chi connectivity index (χ2v) is 6.21.